The monoisotopic (exact) mass is 299 g/mol. The molecule has 0 fully saturated rings. The van der Waals surface area contributed by atoms with Crippen molar-refractivity contribution in [2.24, 2.45) is 0 Å². The molecule has 0 aliphatic carbocycles. The Morgan fingerprint density at radius 3 is 2.53 bits per heavy atom. The normalized spacial score (nSPS) is 10.3. The zero-order chi connectivity index (χ0) is 13.8. The van der Waals surface area contributed by atoms with Crippen molar-refractivity contribution in [3.8, 4) is 0 Å². The van der Waals surface area contributed by atoms with Crippen LogP contribution in [0.25, 0.3) is 0 Å². The van der Waals surface area contributed by atoms with Crippen molar-refractivity contribution in [2.75, 3.05) is 17.2 Å². The second kappa shape index (κ2) is 5.95. The maximum absolute atomic E-state index is 11.6. The first kappa shape index (κ1) is 13.7. The molecule has 1 amide bonds. The summed E-state index contributed by atoms with van der Waals surface area (Å²) in [6, 6.07) is 6.61. The van der Waals surface area contributed by atoms with E-state index in [1.807, 2.05) is 0 Å². The fourth-order valence-corrected chi connectivity index (χ4v) is 1.97. The minimum absolute atomic E-state index is 0.0659. The number of anilines is 2. The summed E-state index contributed by atoms with van der Waals surface area (Å²) in [6.07, 6.45) is 0. The molecule has 1 aromatic heterocycles. The molecule has 1 aromatic carbocycles. The van der Waals surface area contributed by atoms with E-state index in [0.717, 1.165) is 0 Å². The van der Waals surface area contributed by atoms with Crippen LogP contribution in [-0.2, 0) is 4.79 Å². The Labute approximate surface area is 119 Å². The lowest BCUT2D eigenvalue weighted by molar-refractivity contribution is -0.114. The van der Waals surface area contributed by atoms with Crippen molar-refractivity contribution in [1.29, 1.82) is 0 Å². The van der Waals surface area contributed by atoms with E-state index >= 15 is 0 Å². The van der Waals surface area contributed by atoms with Gasteiger partial charge in [0.05, 0.1) is 12.2 Å². The van der Waals surface area contributed by atoms with Gasteiger partial charge in [-0.05, 0) is 25.1 Å². The van der Waals surface area contributed by atoms with Crippen LogP contribution in [0.4, 0.5) is 11.6 Å². The molecule has 19 heavy (non-hydrogen) atoms. The highest BCUT2D eigenvalue weighted by molar-refractivity contribution is 6.35. The van der Waals surface area contributed by atoms with Gasteiger partial charge in [0.15, 0.2) is 0 Å². The molecule has 0 aliphatic heterocycles. The predicted octanol–water partition coefficient (Wildman–Crippen LogP) is 3.34. The van der Waals surface area contributed by atoms with E-state index in [9.17, 15) is 4.79 Å². The molecule has 0 saturated heterocycles. The smallest absolute Gasteiger partial charge is 0.246 e. The van der Waals surface area contributed by atoms with Crippen LogP contribution >= 0.6 is 23.2 Å². The first-order valence-corrected chi connectivity index (χ1v) is 6.21. The van der Waals surface area contributed by atoms with Gasteiger partial charge in [-0.2, -0.15) is 0 Å². The summed E-state index contributed by atoms with van der Waals surface area (Å²) in [5.74, 6) is 0.0562. The molecule has 0 spiro atoms. The van der Waals surface area contributed by atoms with E-state index in [2.05, 4.69) is 15.8 Å². The van der Waals surface area contributed by atoms with Crippen molar-refractivity contribution in [3.63, 3.8) is 0 Å². The molecule has 0 unspecified atom stereocenters. The summed E-state index contributed by atoms with van der Waals surface area (Å²) < 4.78 is 4.87. The highest BCUT2D eigenvalue weighted by atomic mass is 35.5. The zero-order valence-electron chi connectivity index (χ0n) is 10.0. The third-order valence-corrected chi connectivity index (χ3v) is 2.64. The minimum Gasteiger partial charge on any atom is -0.376 e. The Hall–Kier alpha value is -1.72. The molecule has 7 heteroatoms. The summed E-state index contributed by atoms with van der Waals surface area (Å²) >= 11 is 11.7. The second-order valence-corrected chi connectivity index (χ2v) is 4.77. The first-order valence-electron chi connectivity index (χ1n) is 5.46. The lowest BCUT2D eigenvalue weighted by atomic mass is 10.3. The lowest BCUT2D eigenvalue weighted by Gasteiger charge is -2.06. The van der Waals surface area contributed by atoms with E-state index in [1.54, 1.807) is 31.2 Å². The molecule has 1 heterocycles. The number of hydrogen-bond acceptors (Lipinski definition) is 4. The maximum Gasteiger partial charge on any atom is 0.246 e. The van der Waals surface area contributed by atoms with E-state index in [0.29, 0.717) is 27.3 Å². The zero-order valence-corrected chi connectivity index (χ0v) is 11.5. The number of halogens is 2. The number of amides is 1. The van der Waals surface area contributed by atoms with Crippen LogP contribution in [0.3, 0.4) is 0 Å². The van der Waals surface area contributed by atoms with Gasteiger partial charge < -0.3 is 9.84 Å². The molecule has 2 N–H and O–H groups in total. The molecule has 2 rings (SSSR count). The topological polar surface area (TPSA) is 67.2 Å². The Bertz CT molecular complexity index is 578. The van der Waals surface area contributed by atoms with Gasteiger partial charge in [0.25, 0.3) is 0 Å². The van der Waals surface area contributed by atoms with Crippen LogP contribution < -0.4 is 10.6 Å². The van der Waals surface area contributed by atoms with Gasteiger partial charge in [0.2, 0.25) is 11.8 Å². The van der Waals surface area contributed by atoms with Gasteiger partial charge in [-0.25, -0.2) is 0 Å². The minimum atomic E-state index is -0.257. The molecule has 0 bridgehead atoms. The Morgan fingerprint density at radius 2 is 1.95 bits per heavy atom. The Kier molecular flexibility index (Phi) is 4.29. The van der Waals surface area contributed by atoms with Crippen LogP contribution in [0.5, 0.6) is 0 Å². The molecule has 2 aromatic rings. The fraction of sp³-hybridized carbons (Fsp3) is 0.167. The number of hydrogen-bond donors (Lipinski definition) is 2. The third-order valence-electron chi connectivity index (χ3n) is 2.21. The molecule has 0 atom stereocenters. The van der Waals surface area contributed by atoms with Gasteiger partial charge in [-0.3, -0.25) is 10.1 Å². The fourth-order valence-electron chi connectivity index (χ4n) is 1.44. The molecular weight excluding hydrogens is 289 g/mol. The summed E-state index contributed by atoms with van der Waals surface area (Å²) in [4.78, 5) is 11.6. The maximum atomic E-state index is 11.6. The Balaban J connectivity index is 1.89. The summed E-state index contributed by atoms with van der Waals surface area (Å²) in [5.41, 5.74) is 1.37. The predicted molar refractivity (Wildman–Crippen MR) is 74.8 cm³/mol. The molecule has 100 valence electrons. The second-order valence-electron chi connectivity index (χ2n) is 3.89. The number of aryl methyl sites for hydroxylation is 1. The standard InChI is InChI=1S/C12H11Cl2N3O2/c1-7-2-12(19-17-7)16-11(18)6-15-10-4-8(13)3-9(14)5-10/h2-5,15H,6H2,1H3,(H,16,18). The van der Waals surface area contributed by atoms with E-state index in [1.165, 1.54) is 0 Å². The number of aromatic nitrogens is 1. The van der Waals surface area contributed by atoms with Crippen molar-refractivity contribution < 1.29 is 9.32 Å². The third kappa shape index (κ3) is 4.15. The van der Waals surface area contributed by atoms with Crippen LogP contribution in [0.1, 0.15) is 5.69 Å². The molecule has 0 radical (unpaired) electrons. The molecular formula is C12H11Cl2N3O2. The largest absolute Gasteiger partial charge is 0.376 e. The molecule has 0 aliphatic rings. The lowest BCUT2D eigenvalue weighted by Crippen LogP contribution is -2.21. The van der Waals surface area contributed by atoms with Gasteiger partial charge in [-0.15, -0.1) is 0 Å². The van der Waals surface area contributed by atoms with Crippen LogP contribution in [-0.4, -0.2) is 17.6 Å². The van der Waals surface area contributed by atoms with E-state index in [4.69, 9.17) is 27.7 Å². The summed E-state index contributed by atoms with van der Waals surface area (Å²) in [6.45, 7) is 1.84. The number of nitrogens with zero attached hydrogens (tertiary/aromatic N) is 1. The van der Waals surface area contributed by atoms with Crippen LogP contribution in [0, 0.1) is 6.92 Å². The SMILES string of the molecule is Cc1cc(NC(=O)CNc2cc(Cl)cc(Cl)c2)on1. The Morgan fingerprint density at radius 1 is 1.26 bits per heavy atom. The van der Waals surface area contributed by atoms with Crippen LogP contribution in [0.15, 0.2) is 28.8 Å². The quantitative estimate of drug-likeness (QED) is 0.908. The summed E-state index contributed by atoms with van der Waals surface area (Å²) in [7, 11) is 0. The first-order chi connectivity index (χ1) is 9.02. The number of benzene rings is 1. The van der Waals surface area contributed by atoms with Gasteiger partial charge in [0.1, 0.15) is 0 Å². The van der Waals surface area contributed by atoms with E-state index in [-0.39, 0.29) is 12.5 Å². The van der Waals surface area contributed by atoms with E-state index < -0.39 is 0 Å². The highest BCUT2D eigenvalue weighted by Crippen LogP contribution is 2.22. The highest BCUT2D eigenvalue weighted by Gasteiger charge is 2.06. The number of rotatable bonds is 4. The van der Waals surface area contributed by atoms with Crippen molar-refractivity contribution in [3.05, 3.63) is 40.0 Å². The van der Waals surface area contributed by atoms with Crippen molar-refractivity contribution in [2.45, 2.75) is 6.92 Å². The summed E-state index contributed by atoms with van der Waals surface area (Å²) in [5, 5.41) is 10.1. The molecule has 5 nitrogen and oxygen atoms in total. The van der Waals surface area contributed by atoms with Gasteiger partial charge in [-0.1, -0.05) is 28.4 Å². The average Bonchev–Trinajstić information content (AvgIpc) is 2.71. The number of carbonyl (C=O) groups is 1. The van der Waals surface area contributed by atoms with Crippen molar-refractivity contribution >= 4 is 40.7 Å². The number of carbonyl (C=O) groups excluding carboxylic acids is 1. The average molecular weight is 300 g/mol. The van der Waals surface area contributed by atoms with Gasteiger partial charge in [0, 0.05) is 21.8 Å². The van der Waals surface area contributed by atoms with Gasteiger partial charge >= 0.3 is 0 Å². The molecule has 0 saturated carbocycles. The van der Waals surface area contributed by atoms with Crippen molar-refractivity contribution in [1.82, 2.24) is 5.16 Å². The number of nitrogens with one attached hydrogen (secondary N) is 2. The van der Waals surface area contributed by atoms with Crippen LogP contribution in [0.2, 0.25) is 10.0 Å².